The lowest BCUT2D eigenvalue weighted by Gasteiger charge is -2.29. The predicted molar refractivity (Wildman–Crippen MR) is 126 cm³/mol. The van der Waals surface area contributed by atoms with Gasteiger partial charge in [-0.05, 0) is 66.4 Å². The monoisotopic (exact) mass is 436 g/mol. The van der Waals surface area contributed by atoms with Gasteiger partial charge in [0.05, 0.1) is 6.04 Å². The van der Waals surface area contributed by atoms with E-state index in [1.165, 1.54) is 17.0 Å². The number of amides is 2. The van der Waals surface area contributed by atoms with Gasteiger partial charge in [-0.3, -0.25) is 9.59 Å². The number of hydrogen-bond acceptors (Lipinski definition) is 4. The van der Waals surface area contributed by atoms with Crippen molar-refractivity contribution in [2.75, 3.05) is 18.9 Å². The molecule has 0 aliphatic carbocycles. The zero-order valence-corrected chi connectivity index (χ0v) is 18.1. The van der Waals surface area contributed by atoms with Gasteiger partial charge in [-0.2, -0.15) is 0 Å². The van der Waals surface area contributed by atoms with E-state index >= 15 is 0 Å². The van der Waals surface area contributed by atoms with E-state index in [1.54, 1.807) is 19.2 Å². The zero-order chi connectivity index (χ0) is 23.1. The Morgan fingerprint density at radius 1 is 1.03 bits per heavy atom. The lowest BCUT2D eigenvalue weighted by Crippen LogP contribution is -2.51. The van der Waals surface area contributed by atoms with Crippen LogP contribution in [0.25, 0.3) is 10.8 Å². The van der Waals surface area contributed by atoms with Gasteiger partial charge in [0.15, 0.2) is 0 Å². The Morgan fingerprint density at radius 2 is 1.72 bits per heavy atom. The number of likely N-dealkylation sites (N-methyl/N-ethyl adjacent to an activating group) is 1. The highest BCUT2D eigenvalue weighted by atomic mass is 19.1. The SMILES string of the molecule is CN(C(=O)[C@@H](N)Cc1ccc(F)cc1)[C@@H](CCCN)C(=O)Nc1ccc2ccccc2c1. The normalized spacial score (nSPS) is 12.9. The molecule has 7 heteroatoms. The van der Waals surface area contributed by atoms with Crippen molar-refractivity contribution in [3.8, 4) is 0 Å². The molecule has 5 N–H and O–H groups in total. The number of nitrogens with zero attached hydrogens (tertiary/aromatic N) is 1. The van der Waals surface area contributed by atoms with Crippen LogP contribution in [0.3, 0.4) is 0 Å². The van der Waals surface area contributed by atoms with Crippen LogP contribution in [0.1, 0.15) is 18.4 Å². The number of nitrogens with one attached hydrogen (secondary N) is 1. The van der Waals surface area contributed by atoms with Gasteiger partial charge in [0.1, 0.15) is 11.9 Å². The van der Waals surface area contributed by atoms with Crippen LogP contribution in [0.4, 0.5) is 10.1 Å². The summed E-state index contributed by atoms with van der Waals surface area (Å²) in [5.74, 6) is -0.999. The van der Waals surface area contributed by atoms with Crippen LogP contribution in [0, 0.1) is 5.82 Å². The van der Waals surface area contributed by atoms with Crippen LogP contribution in [0.5, 0.6) is 0 Å². The summed E-state index contributed by atoms with van der Waals surface area (Å²) < 4.78 is 13.1. The van der Waals surface area contributed by atoms with Gasteiger partial charge in [0, 0.05) is 12.7 Å². The van der Waals surface area contributed by atoms with E-state index in [9.17, 15) is 14.0 Å². The number of halogens is 1. The maximum Gasteiger partial charge on any atom is 0.247 e. The highest BCUT2D eigenvalue weighted by Crippen LogP contribution is 2.20. The summed E-state index contributed by atoms with van der Waals surface area (Å²) in [6.07, 6.45) is 1.25. The molecule has 6 nitrogen and oxygen atoms in total. The Morgan fingerprint density at radius 3 is 2.41 bits per heavy atom. The number of rotatable bonds is 9. The number of anilines is 1. The standard InChI is InChI=1S/C25H29FN4O2/c1-30(25(32)22(28)15-17-8-11-20(26)12-9-17)23(7-4-14-27)24(31)29-21-13-10-18-5-2-3-6-19(18)16-21/h2-3,5-6,8-13,16,22-23H,4,7,14-15,27-28H2,1H3,(H,29,31)/t22-,23-/m0/s1. The second-order valence-corrected chi connectivity index (χ2v) is 7.88. The fraction of sp³-hybridized carbons (Fsp3) is 0.280. The number of nitrogens with two attached hydrogens (primary N) is 2. The first kappa shape index (κ1) is 23.4. The van der Waals surface area contributed by atoms with Gasteiger partial charge in [-0.25, -0.2) is 4.39 Å². The number of fused-ring (bicyclic) bond motifs is 1. The molecule has 168 valence electrons. The minimum atomic E-state index is -0.848. The van der Waals surface area contributed by atoms with Gasteiger partial charge in [0.25, 0.3) is 0 Å². The van der Waals surface area contributed by atoms with E-state index in [2.05, 4.69) is 5.32 Å². The molecule has 0 aliphatic rings. The second-order valence-electron chi connectivity index (χ2n) is 7.88. The molecule has 0 aromatic heterocycles. The molecule has 0 radical (unpaired) electrons. The Kier molecular flexibility index (Phi) is 7.92. The summed E-state index contributed by atoms with van der Waals surface area (Å²) in [5, 5.41) is 5.00. The fourth-order valence-corrected chi connectivity index (χ4v) is 3.68. The lowest BCUT2D eigenvalue weighted by atomic mass is 10.0. The largest absolute Gasteiger partial charge is 0.332 e. The van der Waals surface area contributed by atoms with E-state index < -0.39 is 12.1 Å². The maximum absolute atomic E-state index is 13.1. The maximum atomic E-state index is 13.1. The summed E-state index contributed by atoms with van der Waals surface area (Å²) in [6, 6.07) is 17.8. The summed E-state index contributed by atoms with van der Waals surface area (Å²) in [6.45, 7) is 0.406. The first-order valence-corrected chi connectivity index (χ1v) is 10.7. The van der Waals surface area contributed by atoms with E-state index in [-0.39, 0.29) is 24.1 Å². The van der Waals surface area contributed by atoms with Crippen LogP contribution in [-0.4, -0.2) is 42.4 Å². The molecule has 3 aromatic rings. The smallest absolute Gasteiger partial charge is 0.247 e. The first-order chi connectivity index (χ1) is 15.4. The molecular formula is C25H29FN4O2. The molecule has 0 saturated heterocycles. The molecule has 0 fully saturated rings. The third-order valence-electron chi connectivity index (χ3n) is 5.50. The molecule has 2 atom stereocenters. The van der Waals surface area contributed by atoms with Crippen LogP contribution in [-0.2, 0) is 16.0 Å². The minimum absolute atomic E-state index is 0.249. The lowest BCUT2D eigenvalue weighted by molar-refractivity contribution is -0.138. The molecule has 32 heavy (non-hydrogen) atoms. The fourth-order valence-electron chi connectivity index (χ4n) is 3.68. The topological polar surface area (TPSA) is 101 Å². The van der Waals surface area contributed by atoms with Crippen LogP contribution in [0.15, 0.2) is 66.7 Å². The average Bonchev–Trinajstić information content (AvgIpc) is 2.80. The molecule has 0 unspecified atom stereocenters. The summed E-state index contributed by atoms with van der Waals surface area (Å²) in [7, 11) is 1.58. The van der Waals surface area contributed by atoms with E-state index in [4.69, 9.17) is 11.5 Å². The van der Waals surface area contributed by atoms with Gasteiger partial charge in [-0.15, -0.1) is 0 Å². The number of carbonyl (C=O) groups is 2. The van der Waals surface area contributed by atoms with Crippen molar-refractivity contribution < 1.29 is 14.0 Å². The average molecular weight is 437 g/mol. The highest BCUT2D eigenvalue weighted by Gasteiger charge is 2.29. The molecule has 3 rings (SSSR count). The van der Waals surface area contributed by atoms with Crippen LogP contribution >= 0.6 is 0 Å². The van der Waals surface area contributed by atoms with Crippen molar-refractivity contribution in [3.63, 3.8) is 0 Å². The Bertz CT molecular complexity index is 1070. The van der Waals surface area contributed by atoms with Crippen LogP contribution < -0.4 is 16.8 Å². The molecule has 0 heterocycles. The molecule has 2 amide bonds. The van der Waals surface area contributed by atoms with Crippen LogP contribution in [0.2, 0.25) is 0 Å². The molecule has 0 saturated carbocycles. The van der Waals surface area contributed by atoms with E-state index in [1.807, 2.05) is 42.5 Å². The second kappa shape index (κ2) is 10.8. The third-order valence-corrected chi connectivity index (χ3v) is 5.50. The molecule has 3 aromatic carbocycles. The molecular weight excluding hydrogens is 407 g/mol. The van der Waals surface area contributed by atoms with Gasteiger partial charge in [0.2, 0.25) is 11.8 Å². The van der Waals surface area contributed by atoms with E-state index in [0.717, 1.165) is 16.3 Å². The number of benzene rings is 3. The van der Waals surface area contributed by atoms with Crippen molar-refractivity contribution in [1.29, 1.82) is 0 Å². The Balaban J connectivity index is 1.71. The summed E-state index contributed by atoms with van der Waals surface area (Å²) >= 11 is 0. The van der Waals surface area contributed by atoms with Crippen molar-refractivity contribution in [3.05, 3.63) is 78.1 Å². The Hall–Kier alpha value is -3.29. The predicted octanol–water partition coefficient (Wildman–Crippen LogP) is 3.05. The summed E-state index contributed by atoms with van der Waals surface area (Å²) in [4.78, 5) is 27.4. The van der Waals surface area contributed by atoms with Gasteiger partial charge < -0.3 is 21.7 Å². The third kappa shape index (κ3) is 5.90. The van der Waals surface area contributed by atoms with Crippen molar-refractivity contribution >= 4 is 28.3 Å². The van der Waals surface area contributed by atoms with Crippen molar-refractivity contribution in [2.24, 2.45) is 11.5 Å². The van der Waals surface area contributed by atoms with Gasteiger partial charge in [-0.1, -0.05) is 42.5 Å². The van der Waals surface area contributed by atoms with Crippen molar-refractivity contribution in [1.82, 2.24) is 4.90 Å². The molecule has 0 bridgehead atoms. The number of hydrogen-bond donors (Lipinski definition) is 3. The minimum Gasteiger partial charge on any atom is -0.332 e. The number of carbonyl (C=O) groups excluding carboxylic acids is 2. The first-order valence-electron chi connectivity index (χ1n) is 10.7. The highest BCUT2D eigenvalue weighted by molar-refractivity contribution is 5.99. The zero-order valence-electron chi connectivity index (χ0n) is 18.1. The molecule has 0 spiro atoms. The van der Waals surface area contributed by atoms with E-state index in [0.29, 0.717) is 25.1 Å². The van der Waals surface area contributed by atoms with Gasteiger partial charge >= 0.3 is 0 Å². The van der Waals surface area contributed by atoms with Crippen molar-refractivity contribution in [2.45, 2.75) is 31.3 Å². The molecule has 0 aliphatic heterocycles. The Labute approximate surface area is 187 Å². The summed E-state index contributed by atoms with van der Waals surface area (Å²) in [5.41, 5.74) is 13.2. The quantitative estimate of drug-likeness (QED) is 0.480.